The molecule has 0 saturated carbocycles. The third-order valence-corrected chi connectivity index (χ3v) is 5.03. The van der Waals surface area contributed by atoms with Crippen LogP contribution in [0.2, 0.25) is 0 Å². The van der Waals surface area contributed by atoms with Crippen LogP contribution in [0.4, 0.5) is 10.5 Å². The predicted octanol–water partition coefficient (Wildman–Crippen LogP) is 4.72. The maximum atomic E-state index is 12.6. The van der Waals surface area contributed by atoms with Gasteiger partial charge in [-0.05, 0) is 58.4 Å². The molecule has 2 aromatic rings. The smallest absolute Gasteiger partial charge is 0.411 e. The summed E-state index contributed by atoms with van der Waals surface area (Å²) >= 11 is 0. The van der Waals surface area contributed by atoms with Gasteiger partial charge in [0.15, 0.2) is 6.61 Å². The van der Waals surface area contributed by atoms with Crippen molar-refractivity contribution in [3.63, 3.8) is 0 Å². The number of carbonyl (C=O) groups is 2. The van der Waals surface area contributed by atoms with Crippen LogP contribution >= 0.6 is 0 Å². The highest BCUT2D eigenvalue weighted by Crippen LogP contribution is 2.32. The lowest BCUT2D eigenvalue weighted by Gasteiger charge is -2.28. The number of hydrogen-bond acceptors (Lipinski definition) is 6. The molecule has 0 bridgehead atoms. The Labute approximate surface area is 189 Å². The zero-order valence-electron chi connectivity index (χ0n) is 19.2. The molecule has 1 fully saturated rings. The predicted molar refractivity (Wildman–Crippen MR) is 124 cm³/mol. The molecule has 0 spiro atoms. The average molecular weight is 441 g/mol. The lowest BCUT2D eigenvalue weighted by atomic mass is 10.0. The number of ether oxygens (including phenoxy) is 3. The third-order valence-electron chi connectivity index (χ3n) is 5.03. The second-order valence-electron chi connectivity index (χ2n) is 8.98. The first-order valence-electron chi connectivity index (χ1n) is 10.9. The minimum atomic E-state index is -0.581. The van der Waals surface area contributed by atoms with Crippen LogP contribution in [0.15, 0.2) is 48.5 Å². The van der Waals surface area contributed by atoms with Gasteiger partial charge in [0.1, 0.15) is 17.5 Å². The Morgan fingerprint density at radius 2 is 1.75 bits per heavy atom. The van der Waals surface area contributed by atoms with Crippen molar-refractivity contribution in [2.45, 2.75) is 45.3 Å². The van der Waals surface area contributed by atoms with Crippen molar-refractivity contribution in [2.75, 3.05) is 32.1 Å². The fourth-order valence-corrected chi connectivity index (χ4v) is 3.49. The molecule has 0 aromatic heterocycles. The zero-order chi connectivity index (χ0) is 23.1. The number of nitrogens with zero attached hydrogens (tertiary/aromatic N) is 1. The molecule has 2 aromatic carbocycles. The minimum Gasteiger partial charge on any atom is -0.482 e. The molecule has 3 rings (SSSR count). The number of esters is 1. The molecule has 0 aliphatic carbocycles. The first-order chi connectivity index (χ1) is 15.2. The standard InChI is InChI=1S/C25H32N2O5/c1-25(2,3)32-23(28)17-30-20-10-11-21(18-8-6-5-7-9-18)22(16-20)26-24(29)31-19-12-14-27(4)15-13-19/h5-11,16,19H,12-15,17H2,1-4H3,(H,26,29). The van der Waals surface area contributed by atoms with E-state index in [9.17, 15) is 9.59 Å². The number of piperidine rings is 1. The summed E-state index contributed by atoms with van der Waals surface area (Å²) in [6, 6.07) is 15.0. The fraction of sp³-hybridized carbons (Fsp3) is 0.440. The van der Waals surface area contributed by atoms with Crippen LogP contribution in [-0.4, -0.2) is 55.4 Å². The highest BCUT2D eigenvalue weighted by atomic mass is 16.6. The largest absolute Gasteiger partial charge is 0.482 e. The summed E-state index contributed by atoms with van der Waals surface area (Å²) in [5.74, 6) is -0.00838. The van der Waals surface area contributed by atoms with E-state index in [1.54, 1.807) is 32.9 Å². The number of likely N-dealkylation sites (tertiary alicyclic amines) is 1. The monoisotopic (exact) mass is 440 g/mol. The molecule has 1 amide bonds. The summed E-state index contributed by atoms with van der Waals surface area (Å²) in [6.45, 7) is 7.00. The van der Waals surface area contributed by atoms with Crippen LogP contribution in [0.1, 0.15) is 33.6 Å². The average Bonchev–Trinajstić information content (AvgIpc) is 2.73. The van der Waals surface area contributed by atoms with Crippen LogP contribution < -0.4 is 10.1 Å². The van der Waals surface area contributed by atoms with Gasteiger partial charge in [-0.2, -0.15) is 0 Å². The van der Waals surface area contributed by atoms with E-state index < -0.39 is 17.7 Å². The van der Waals surface area contributed by atoms with E-state index in [1.807, 2.05) is 36.4 Å². The minimum absolute atomic E-state index is 0.0991. The van der Waals surface area contributed by atoms with E-state index in [0.717, 1.165) is 37.1 Å². The van der Waals surface area contributed by atoms with Gasteiger partial charge in [0.05, 0.1) is 5.69 Å². The molecule has 0 unspecified atom stereocenters. The van der Waals surface area contributed by atoms with Gasteiger partial charge >= 0.3 is 12.1 Å². The number of benzene rings is 2. The lowest BCUT2D eigenvalue weighted by molar-refractivity contribution is -0.157. The molecule has 0 atom stereocenters. The van der Waals surface area contributed by atoms with Crippen LogP contribution in [-0.2, 0) is 14.3 Å². The zero-order valence-corrected chi connectivity index (χ0v) is 19.2. The van der Waals surface area contributed by atoms with Gasteiger partial charge in [-0.3, -0.25) is 5.32 Å². The molecule has 172 valence electrons. The Hall–Kier alpha value is -3.06. The van der Waals surface area contributed by atoms with Gasteiger partial charge in [-0.15, -0.1) is 0 Å². The van der Waals surface area contributed by atoms with E-state index in [0.29, 0.717) is 11.4 Å². The van der Waals surface area contributed by atoms with E-state index >= 15 is 0 Å². The van der Waals surface area contributed by atoms with Crippen LogP contribution in [0.25, 0.3) is 11.1 Å². The summed E-state index contributed by atoms with van der Waals surface area (Å²) in [4.78, 5) is 26.8. The molecule has 1 saturated heterocycles. The van der Waals surface area contributed by atoms with E-state index in [1.165, 1.54) is 0 Å². The Bertz CT molecular complexity index is 916. The Morgan fingerprint density at radius 1 is 1.06 bits per heavy atom. The molecule has 1 N–H and O–H groups in total. The first kappa shape index (κ1) is 23.6. The highest BCUT2D eigenvalue weighted by molar-refractivity contribution is 5.92. The molecule has 1 aliphatic rings. The molecule has 7 nitrogen and oxygen atoms in total. The van der Waals surface area contributed by atoms with Crippen molar-refractivity contribution in [3.05, 3.63) is 48.5 Å². The summed E-state index contributed by atoms with van der Waals surface area (Å²) in [7, 11) is 2.06. The van der Waals surface area contributed by atoms with E-state index in [4.69, 9.17) is 14.2 Å². The number of hydrogen-bond donors (Lipinski definition) is 1. The number of amides is 1. The fourth-order valence-electron chi connectivity index (χ4n) is 3.49. The van der Waals surface area contributed by atoms with Gasteiger partial charge in [0, 0.05) is 24.7 Å². The molecule has 1 aliphatic heterocycles. The quantitative estimate of drug-likeness (QED) is 0.655. The van der Waals surface area contributed by atoms with Crippen molar-refractivity contribution in [1.29, 1.82) is 0 Å². The lowest BCUT2D eigenvalue weighted by Crippen LogP contribution is -2.36. The molecule has 1 heterocycles. The third kappa shape index (κ3) is 7.27. The maximum Gasteiger partial charge on any atom is 0.411 e. The van der Waals surface area contributed by atoms with Crippen LogP contribution in [0, 0.1) is 0 Å². The topological polar surface area (TPSA) is 77.1 Å². The normalized spacial score (nSPS) is 15.1. The van der Waals surface area contributed by atoms with Crippen molar-refractivity contribution < 1.29 is 23.8 Å². The second kappa shape index (κ2) is 10.5. The maximum absolute atomic E-state index is 12.6. The number of carbonyl (C=O) groups excluding carboxylic acids is 2. The highest BCUT2D eigenvalue weighted by Gasteiger charge is 2.21. The van der Waals surface area contributed by atoms with Crippen molar-refractivity contribution >= 4 is 17.7 Å². The SMILES string of the molecule is CN1CCC(OC(=O)Nc2cc(OCC(=O)OC(C)(C)C)ccc2-c2ccccc2)CC1. The Balaban J connectivity index is 1.72. The van der Waals surface area contributed by atoms with Crippen LogP contribution in [0.5, 0.6) is 5.75 Å². The molecule has 0 radical (unpaired) electrons. The van der Waals surface area contributed by atoms with E-state index in [-0.39, 0.29) is 12.7 Å². The van der Waals surface area contributed by atoms with Gasteiger partial charge in [0.25, 0.3) is 0 Å². The number of nitrogens with one attached hydrogen (secondary N) is 1. The van der Waals surface area contributed by atoms with Gasteiger partial charge in [0.2, 0.25) is 0 Å². The van der Waals surface area contributed by atoms with Gasteiger partial charge in [-0.25, -0.2) is 9.59 Å². The molecule has 7 heteroatoms. The molecular formula is C25H32N2O5. The summed E-state index contributed by atoms with van der Waals surface area (Å²) in [5.41, 5.74) is 1.74. The van der Waals surface area contributed by atoms with Crippen molar-refractivity contribution in [1.82, 2.24) is 4.90 Å². The summed E-state index contributed by atoms with van der Waals surface area (Å²) in [5, 5.41) is 2.86. The Morgan fingerprint density at radius 3 is 2.41 bits per heavy atom. The first-order valence-corrected chi connectivity index (χ1v) is 10.9. The summed E-state index contributed by atoms with van der Waals surface area (Å²) in [6.07, 6.45) is 1.03. The van der Waals surface area contributed by atoms with Gasteiger partial charge in [-0.1, -0.05) is 30.3 Å². The second-order valence-corrected chi connectivity index (χ2v) is 8.98. The Kier molecular flexibility index (Phi) is 7.75. The number of anilines is 1. The van der Waals surface area contributed by atoms with Crippen molar-refractivity contribution in [3.8, 4) is 16.9 Å². The van der Waals surface area contributed by atoms with Gasteiger partial charge < -0.3 is 19.1 Å². The molecule has 32 heavy (non-hydrogen) atoms. The number of rotatable bonds is 6. The molecular weight excluding hydrogens is 408 g/mol. The summed E-state index contributed by atoms with van der Waals surface area (Å²) < 4.78 is 16.5. The van der Waals surface area contributed by atoms with E-state index in [2.05, 4.69) is 17.3 Å². The van der Waals surface area contributed by atoms with Crippen LogP contribution in [0.3, 0.4) is 0 Å². The van der Waals surface area contributed by atoms with Crippen molar-refractivity contribution in [2.24, 2.45) is 0 Å².